The van der Waals surface area contributed by atoms with Gasteiger partial charge in [-0.1, -0.05) is 19.0 Å². The lowest BCUT2D eigenvalue weighted by Gasteiger charge is -2.09. The van der Waals surface area contributed by atoms with E-state index < -0.39 is 0 Å². The summed E-state index contributed by atoms with van der Waals surface area (Å²) in [5.41, 5.74) is 5.96. The van der Waals surface area contributed by atoms with Gasteiger partial charge in [-0.15, -0.1) is 0 Å². The van der Waals surface area contributed by atoms with Crippen LogP contribution in [0.4, 0.5) is 0 Å². The van der Waals surface area contributed by atoms with Crippen LogP contribution in [0.3, 0.4) is 0 Å². The molecule has 1 fully saturated rings. The topological polar surface area (TPSA) is 74.2 Å². The number of ether oxygens (including phenoxy) is 1. The van der Waals surface area contributed by atoms with Crippen LogP contribution in [0, 0.1) is 5.92 Å². The minimum absolute atomic E-state index is 0.155. The molecule has 5 nitrogen and oxygen atoms in total. The number of aromatic nitrogens is 2. The molecule has 0 amide bonds. The molecule has 3 unspecified atom stereocenters. The van der Waals surface area contributed by atoms with Gasteiger partial charge in [-0.25, -0.2) is 0 Å². The quantitative estimate of drug-likeness (QED) is 0.846. The number of nitrogens with two attached hydrogens (primary N) is 1. The van der Waals surface area contributed by atoms with Crippen molar-refractivity contribution in [3.8, 4) is 0 Å². The van der Waals surface area contributed by atoms with E-state index >= 15 is 0 Å². The summed E-state index contributed by atoms with van der Waals surface area (Å²) in [6.07, 6.45) is 1.22. The summed E-state index contributed by atoms with van der Waals surface area (Å²) >= 11 is 0. The normalized spacial score (nSPS) is 27.6. The summed E-state index contributed by atoms with van der Waals surface area (Å²) in [5.74, 6) is 1.81. The fraction of sp³-hybridized carbons (Fsp3) is 0.818. The molecule has 0 bridgehead atoms. The molecule has 0 saturated carbocycles. The standard InChI is InChI=1S/C11H19N3O2/c1-6(2)9(12)10-13-11(16-14-10)8-4-7(3)15-5-8/h6-9H,4-5,12H2,1-3H3. The summed E-state index contributed by atoms with van der Waals surface area (Å²) in [7, 11) is 0. The second-order valence-electron chi connectivity index (χ2n) is 4.84. The second-order valence-corrected chi connectivity index (χ2v) is 4.84. The Bertz CT molecular complexity index is 351. The number of rotatable bonds is 3. The predicted molar refractivity (Wildman–Crippen MR) is 58.8 cm³/mol. The maximum atomic E-state index is 5.96. The van der Waals surface area contributed by atoms with Gasteiger partial charge in [0.05, 0.1) is 24.7 Å². The van der Waals surface area contributed by atoms with Crippen LogP contribution in [0.5, 0.6) is 0 Å². The average Bonchev–Trinajstić information content (AvgIpc) is 2.84. The van der Waals surface area contributed by atoms with Crippen LogP contribution < -0.4 is 5.73 Å². The molecule has 2 heterocycles. The van der Waals surface area contributed by atoms with Gasteiger partial charge in [-0.3, -0.25) is 0 Å². The molecule has 0 spiro atoms. The van der Waals surface area contributed by atoms with Gasteiger partial charge in [0.2, 0.25) is 5.89 Å². The third kappa shape index (κ3) is 2.25. The van der Waals surface area contributed by atoms with Crippen molar-refractivity contribution in [1.82, 2.24) is 10.1 Å². The molecule has 0 aromatic carbocycles. The van der Waals surface area contributed by atoms with E-state index in [4.69, 9.17) is 15.0 Å². The molecule has 1 aliphatic rings. The van der Waals surface area contributed by atoms with Gasteiger partial charge in [0, 0.05) is 0 Å². The predicted octanol–water partition coefficient (Wildman–Crippen LogP) is 1.62. The molecular weight excluding hydrogens is 206 g/mol. The summed E-state index contributed by atoms with van der Waals surface area (Å²) in [5, 5.41) is 3.94. The second kappa shape index (κ2) is 4.51. The van der Waals surface area contributed by atoms with E-state index in [-0.39, 0.29) is 18.1 Å². The van der Waals surface area contributed by atoms with Gasteiger partial charge in [0.25, 0.3) is 0 Å². The zero-order valence-corrected chi connectivity index (χ0v) is 10.0. The highest BCUT2D eigenvalue weighted by atomic mass is 16.5. The van der Waals surface area contributed by atoms with E-state index in [9.17, 15) is 0 Å². The van der Waals surface area contributed by atoms with Crippen molar-refractivity contribution in [3.05, 3.63) is 11.7 Å². The van der Waals surface area contributed by atoms with Gasteiger partial charge in [-0.05, 0) is 19.3 Å². The molecule has 1 aliphatic heterocycles. The van der Waals surface area contributed by atoms with E-state index in [2.05, 4.69) is 17.1 Å². The average molecular weight is 225 g/mol. The van der Waals surface area contributed by atoms with Crippen molar-refractivity contribution in [2.75, 3.05) is 6.61 Å². The molecule has 1 aromatic rings. The Morgan fingerprint density at radius 1 is 1.44 bits per heavy atom. The first-order valence-electron chi connectivity index (χ1n) is 5.78. The Hall–Kier alpha value is -0.940. The summed E-state index contributed by atoms with van der Waals surface area (Å²) in [4.78, 5) is 4.37. The van der Waals surface area contributed by atoms with Crippen LogP contribution in [0.2, 0.25) is 0 Å². The van der Waals surface area contributed by atoms with Crippen molar-refractivity contribution in [3.63, 3.8) is 0 Å². The lowest BCUT2D eigenvalue weighted by molar-refractivity contribution is 0.122. The lowest BCUT2D eigenvalue weighted by Crippen LogP contribution is -2.18. The van der Waals surface area contributed by atoms with Crippen molar-refractivity contribution in [2.24, 2.45) is 11.7 Å². The highest BCUT2D eigenvalue weighted by Gasteiger charge is 2.29. The van der Waals surface area contributed by atoms with E-state index in [1.165, 1.54) is 0 Å². The van der Waals surface area contributed by atoms with Crippen LogP contribution in [0.25, 0.3) is 0 Å². The molecular formula is C11H19N3O2. The Morgan fingerprint density at radius 2 is 2.19 bits per heavy atom. The Labute approximate surface area is 95.3 Å². The first kappa shape index (κ1) is 11.5. The third-order valence-corrected chi connectivity index (χ3v) is 3.02. The number of hydrogen-bond acceptors (Lipinski definition) is 5. The lowest BCUT2D eigenvalue weighted by atomic mass is 10.0. The molecule has 2 N–H and O–H groups in total. The highest BCUT2D eigenvalue weighted by molar-refractivity contribution is 5.00. The Morgan fingerprint density at radius 3 is 2.75 bits per heavy atom. The minimum Gasteiger partial charge on any atom is -0.378 e. The molecule has 5 heteroatoms. The number of nitrogens with zero attached hydrogens (tertiary/aromatic N) is 2. The van der Waals surface area contributed by atoms with E-state index in [0.29, 0.717) is 24.2 Å². The first-order valence-corrected chi connectivity index (χ1v) is 5.78. The fourth-order valence-electron chi connectivity index (χ4n) is 1.84. The highest BCUT2D eigenvalue weighted by Crippen LogP contribution is 2.28. The van der Waals surface area contributed by atoms with Gasteiger partial charge < -0.3 is 15.0 Å². The van der Waals surface area contributed by atoms with Crippen molar-refractivity contribution >= 4 is 0 Å². The summed E-state index contributed by atoms with van der Waals surface area (Å²) in [6, 6.07) is -0.155. The Balaban J connectivity index is 2.07. The van der Waals surface area contributed by atoms with Gasteiger partial charge in [0.15, 0.2) is 5.82 Å². The van der Waals surface area contributed by atoms with Crippen molar-refractivity contribution < 1.29 is 9.26 Å². The molecule has 0 radical (unpaired) electrons. The van der Waals surface area contributed by atoms with Crippen LogP contribution in [0.1, 0.15) is 50.9 Å². The van der Waals surface area contributed by atoms with Crippen LogP contribution in [0.15, 0.2) is 4.52 Å². The molecule has 1 aromatic heterocycles. The molecule has 16 heavy (non-hydrogen) atoms. The monoisotopic (exact) mass is 225 g/mol. The SMILES string of the molecule is CC1CC(c2nc(C(N)C(C)C)no2)CO1. The van der Waals surface area contributed by atoms with E-state index in [0.717, 1.165) is 6.42 Å². The van der Waals surface area contributed by atoms with E-state index in [1.807, 2.05) is 13.8 Å². The first-order chi connectivity index (χ1) is 7.58. The molecule has 2 rings (SSSR count). The van der Waals surface area contributed by atoms with Crippen LogP contribution >= 0.6 is 0 Å². The molecule has 0 aliphatic carbocycles. The van der Waals surface area contributed by atoms with Crippen molar-refractivity contribution in [2.45, 2.75) is 45.3 Å². The molecule has 1 saturated heterocycles. The van der Waals surface area contributed by atoms with Gasteiger partial charge in [-0.2, -0.15) is 4.98 Å². The summed E-state index contributed by atoms with van der Waals surface area (Å²) < 4.78 is 10.7. The van der Waals surface area contributed by atoms with Crippen LogP contribution in [-0.2, 0) is 4.74 Å². The van der Waals surface area contributed by atoms with Gasteiger partial charge in [0.1, 0.15) is 0 Å². The van der Waals surface area contributed by atoms with Gasteiger partial charge >= 0.3 is 0 Å². The van der Waals surface area contributed by atoms with Crippen molar-refractivity contribution in [1.29, 1.82) is 0 Å². The summed E-state index contributed by atoms with van der Waals surface area (Å²) in [6.45, 7) is 6.81. The maximum Gasteiger partial charge on any atom is 0.232 e. The van der Waals surface area contributed by atoms with Crippen LogP contribution in [-0.4, -0.2) is 22.9 Å². The number of hydrogen-bond donors (Lipinski definition) is 1. The van der Waals surface area contributed by atoms with E-state index in [1.54, 1.807) is 0 Å². The minimum atomic E-state index is -0.155. The smallest absolute Gasteiger partial charge is 0.232 e. The Kier molecular flexibility index (Phi) is 3.25. The fourth-order valence-corrected chi connectivity index (χ4v) is 1.84. The molecule has 90 valence electrons. The largest absolute Gasteiger partial charge is 0.378 e. The third-order valence-electron chi connectivity index (χ3n) is 3.02. The maximum absolute atomic E-state index is 5.96. The zero-order valence-electron chi connectivity index (χ0n) is 10.0. The molecule has 3 atom stereocenters. The zero-order chi connectivity index (χ0) is 11.7.